The van der Waals surface area contributed by atoms with Crippen LogP contribution in [0.2, 0.25) is 0 Å². The standard InChI is InChI=1S/C9H18N2O/c1-9(5-6-10)4-3-7-11(2)8(9)12/h3-7,10H2,1-2H3. The number of carbonyl (C=O) groups is 1. The molecule has 1 unspecified atom stereocenters. The van der Waals surface area contributed by atoms with Crippen LogP contribution in [0.3, 0.4) is 0 Å². The predicted molar refractivity (Wildman–Crippen MR) is 48.6 cm³/mol. The lowest BCUT2D eigenvalue weighted by atomic mass is 9.78. The number of amides is 1. The normalized spacial score (nSPS) is 30.9. The Hall–Kier alpha value is -0.570. The highest BCUT2D eigenvalue weighted by atomic mass is 16.2. The zero-order chi connectivity index (χ0) is 9.19. The van der Waals surface area contributed by atoms with Gasteiger partial charge in [0, 0.05) is 19.0 Å². The number of rotatable bonds is 2. The lowest BCUT2D eigenvalue weighted by Gasteiger charge is -2.37. The Morgan fingerprint density at radius 1 is 1.67 bits per heavy atom. The summed E-state index contributed by atoms with van der Waals surface area (Å²) in [5.74, 6) is 0.263. The molecule has 0 radical (unpaired) electrons. The van der Waals surface area contributed by atoms with E-state index in [1.807, 2.05) is 18.9 Å². The number of hydrogen-bond acceptors (Lipinski definition) is 2. The molecular formula is C9H18N2O. The minimum Gasteiger partial charge on any atom is -0.345 e. The SMILES string of the molecule is CN1CCCC(C)(CCN)C1=O. The molecule has 1 heterocycles. The maximum atomic E-state index is 11.7. The van der Waals surface area contributed by atoms with Crippen LogP contribution >= 0.6 is 0 Å². The first-order valence-corrected chi connectivity index (χ1v) is 4.56. The molecule has 0 aromatic heterocycles. The van der Waals surface area contributed by atoms with Gasteiger partial charge in [-0.25, -0.2) is 0 Å². The molecule has 1 saturated heterocycles. The number of carbonyl (C=O) groups excluding carboxylic acids is 1. The highest BCUT2D eigenvalue weighted by molar-refractivity contribution is 5.82. The Labute approximate surface area is 73.9 Å². The molecule has 0 aromatic carbocycles. The quantitative estimate of drug-likeness (QED) is 0.659. The van der Waals surface area contributed by atoms with Gasteiger partial charge < -0.3 is 10.6 Å². The number of likely N-dealkylation sites (tertiary alicyclic amines) is 1. The summed E-state index contributed by atoms with van der Waals surface area (Å²) in [5.41, 5.74) is 5.30. The van der Waals surface area contributed by atoms with Gasteiger partial charge in [0.25, 0.3) is 0 Å². The van der Waals surface area contributed by atoms with E-state index in [-0.39, 0.29) is 11.3 Å². The van der Waals surface area contributed by atoms with Crippen LogP contribution in [0.1, 0.15) is 26.2 Å². The summed E-state index contributed by atoms with van der Waals surface area (Å²) in [6, 6.07) is 0. The molecule has 2 N–H and O–H groups in total. The molecule has 3 nitrogen and oxygen atoms in total. The van der Waals surface area contributed by atoms with Gasteiger partial charge in [-0.2, -0.15) is 0 Å². The second-order valence-electron chi connectivity index (χ2n) is 3.93. The van der Waals surface area contributed by atoms with Crippen LogP contribution in [-0.4, -0.2) is 30.9 Å². The molecule has 1 atom stereocenters. The highest BCUT2D eigenvalue weighted by Gasteiger charge is 2.37. The van der Waals surface area contributed by atoms with Crippen LogP contribution in [0.15, 0.2) is 0 Å². The molecule has 0 spiro atoms. The van der Waals surface area contributed by atoms with E-state index in [1.54, 1.807) is 0 Å². The van der Waals surface area contributed by atoms with Crippen LogP contribution in [0.4, 0.5) is 0 Å². The summed E-state index contributed by atoms with van der Waals surface area (Å²) in [5, 5.41) is 0. The zero-order valence-electron chi connectivity index (χ0n) is 7.97. The lowest BCUT2D eigenvalue weighted by molar-refractivity contribution is -0.143. The van der Waals surface area contributed by atoms with Crippen molar-refractivity contribution >= 4 is 5.91 Å². The average Bonchev–Trinajstić information content (AvgIpc) is 2.01. The minimum absolute atomic E-state index is 0.179. The van der Waals surface area contributed by atoms with Crippen molar-refractivity contribution in [2.75, 3.05) is 20.1 Å². The first-order valence-electron chi connectivity index (χ1n) is 4.56. The molecule has 0 saturated carbocycles. The smallest absolute Gasteiger partial charge is 0.228 e. The summed E-state index contributed by atoms with van der Waals surface area (Å²) in [7, 11) is 1.87. The molecule has 3 heteroatoms. The summed E-state index contributed by atoms with van der Waals surface area (Å²) in [4.78, 5) is 13.5. The third-order valence-electron chi connectivity index (χ3n) is 2.78. The van der Waals surface area contributed by atoms with Crippen molar-refractivity contribution in [3.63, 3.8) is 0 Å². The fraction of sp³-hybridized carbons (Fsp3) is 0.889. The molecule has 0 aromatic rings. The van der Waals surface area contributed by atoms with E-state index >= 15 is 0 Å². The molecule has 0 bridgehead atoms. The topological polar surface area (TPSA) is 46.3 Å². The Bertz CT molecular complexity index is 177. The lowest BCUT2D eigenvalue weighted by Crippen LogP contribution is -2.46. The zero-order valence-corrected chi connectivity index (χ0v) is 7.97. The summed E-state index contributed by atoms with van der Waals surface area (Å²) >= 11 is 0. The molecule has 1 amide bonds. The van der Waals surface area contributed by atoms with Crippen molar-refractivity contribution in [3.8, 4) is 0 Å². The second kappa shape index (κ2) is 3.44. The summed E-state index contributed by atoms with van der Waals surface area (Å²) in [6.07, 6.45) is 2.92. The van der Waals surface area contributed by atoms with Gasteiger partial charge in [0.2, 0.25) is 5.91 Å². The number of nitrogens with zero attached hydrogens (tertiary/aromatic N) is 1. The summed E-state index contributed by atoms with van der Waals surface area (Å²) in [6.45, 7) is 3.53. The Kier molecular flexibility index (Phi) is 2.73. The van der Waals surface area contributed by atoms with Gasteiger partial charge in [-0.05, 0) is 25.8 Å². The van der Waals surface area contributed by atoms with Crippen molar-refractivity contribution in [3.05, 3.63) is 0 Å². The van der Waals surface area contributed by atoms with Crippen molar-refractivity contribution in [2.24, 2.45) is 11.1 Å². The monoisotopic (exact) mass is 170 g/mol. The van der Waals surface area contributed by atoms with Crippen molar-refractivity contribution < 1.29 is 4.79 Å². The predicted octanol–water partition coefficient (Wildman–Crippen LogP) is 0.594. The van der Waals surface area contributed by atoms with Crippen LogP contribution in [-0.2, 0) is 4.79 Å². The van der Waals surface area contributed by atoms with E-state index in [4.69, 9.17) is 5.73 Å². The molecular weight excluding hydrogens is 152 g/mol. The van der Waals surface area contributed by atoms with Crippen LogP contribution in [0, 0.1) is 5.41 Å². The maximum absolute atomic E-state index is 11.7. The van der Waals surface area contributed by atoms with E-state index in [0.717, 1.165) is 25.8 Å². The van der Waals surface area contributed by atoms with Gasteiger partial charge in [0.15, 0.2) is 0 Å². The number of piperidine rings is 1. The highest BCUT2D eigenvalue weighted by Crippen LogP contribution is 2.32. The molecule has 1 fully saturated rings. The van der Waals surface area contributed by atoms with Crippen molar-refractivity contribution in [1.29, 1.82) is 0 Å². The molecule has 12 heavy (non-hydrogen) atoms. The average molecular weight is 170 g/mol. The number of nitrogens with two attached hydrogens (primary N) is 1. The van der Waals surface area contributed by atoms with Gasteiger partial charge in [0.05, 0.1) is 0 Å². The van der Waals surface area contributed by atoms with Crippen LogP contribution in [0.25, 0.3) is 0 Å². The number of hydrogen-bond donors (Lipinski definition) is 1. The molecule has 1 aliphatic rings. The van der Waals surface area contributed by atoms with Crippen molar-refractivity contribution in [1.82, 2.24) is 4.90 Å². The van der Waals surface area contributed by atoms with E-state index in [2.05, 4.69) is 0 Å². The van der Waals surface area contributed by atoms with Gasteiger partial charge in [-0.15, -0.1) is 0 Å². The molecule has 70 valence electrons. The Morgan fingerprint density at radius 3 is 2.92 bits per heavy atom. The van der Waals surface area contributed by atoms with Gasteiger partial charge in [0.1, 0.15) is 0 Å². The fourth-order valence-electron chi connectivity index (χ4n) is 1.93. The third kappa shape index (κ3) is 1.61. The second-order valence-corrected chi connectivity index (χ2v) is 3.93. The van der Waals surface area contributed by atoms with Gasteiger partial charge in [-0.1, -0.05) is 6.92 Å². The van der Waals surface area contributed by atoms with Gasteiger partial charge in [-0.3, -0.25) is 4.79 Å². The largest absolute Gasteiger partial charge is 0.345 e. The first-order chi connectivity index (χ1) is 5.60. The maximum Gasteiger partial charge on any atom is 0.228 e. The molecule has 1 rings (SSSR count). The summed E-state index contributed by atoms with van der Waals surface area (Å²) < 4.78 is 0. The van der Waals surface area contributed by atoms with E-state index in [0.29, 0.717) is 6.54 Å². The Balaban J connectivity index is 2.67. The minimum atomic E-state index is -0.179. The van der Waals surface area contributed by atoms with E-state index in [1.165, 1.54) is 0 Å². The van der Waals surface area contributed by atoms with Gasteiger partial charge >= 0.3 is 0 Å². The fourth-order valence-corrected chi connectivity index (χ4v) is 1.93. The van der Waals surface area contributed by atoms with E-state index < -0.39 is 0 Å². The van der Waals surface area contributed by atoms with Crippen LogP contribution < -0.4 is 5.73 Å². The van der Waals surface area contributed by atoms with Crippen LogP contribution in [0.5, 0.6) is 0 Å². The van der Waals surface area contributed by atoms with E-state index in [9.17, 15) is 4.79 Å². The molecule has 1 aliphatic heterocycles. The first kappa shape index (κ1) is 9.52. The third-order valence-corrected chi connectivity index (χ3v) is 2.78. The molecule has 0 aliphatic carbocycles. The van der Waals surface area contributed by atoms with Crippen molar-refractivity contribution in [2.45, 2.75) is 26.2 Å². The Morgan fingerprint density at radius 2 is 2.33 bits per heavy atom.